The van der Waals surface area contributed by atoms with Gasteiger partial charge in [-0.05, 0) is 52.3 Å². The zero-order chi connectivity index (χ0) is 24.5. The van der Waals surface area contributed by atoms with Gasteiger partial charge in [0.15, 0.2) is 17.3 Å². The van der Waals surface area contributed by atoms with Crippen molar-refractivity contribution in [1.29, 1.82) is 0 Å². The summed E-state index contributed by atoms with van der Waals surface area (Å²) in [6.45, 7) is 0. The normalized spacial score (nSPS) is 11.8. The highest BCUT2D eigenvalue weighted by Crippen LogP contribution is 2.33. The van der Waals surface area contributed by atoms with Crippen LogP contribution in [0.2, 0.25) is 0 Å². The number of benzene rings is 3. The third kappa shape index (κ3) is 4.54. The van der Waals surface area contributed by atoms with Crippen LogP contribution in [0.25, 0.3) is 22.3 Å². The van der Waals surface area contributed by atoms with E-state index < -0.39 is 17.3 Å². The number of para-hydroxylation sites is 1. The Kier molecular flexibility index (Phi) is 6.43. The van der Waals surface area contributed by atoms with Gasteiger partial charge < -0.3 is 9.47 Å². The zero-order valence-corrected chi connectivity index (χ0v) is 19.5. The van der Waals surface area contributed by atoms with Crippen LogP contribution in [0.1, 0.15) is 11.1 Å². The molecule has 1 aromatic heterocycles. The topological polar surface area (TPSA) is 65.7 Å². The van der Waals surface area contributed by atoms with Crippen LogP contribution in [0.3, 0.4) is 0 Å². The zero-order valence-electron chi connectivity index (χ0n) is 17.9. The van der Waals surface area contributed by atoms with E-state index in [1.165, 1.54) is 32.6 Å². The molecule has 0 aliphatic rings. The maximum Gasteiger partial charge on any atom is 0.416 e. The van der Waals surface area contributed by atoms with Crippen LogP contribution in [0, 0.1) is 0 Å². The molecule has 34 heavy (non-hydrogen) atoms. The highest BCUT2D eigenvalue weighted by Gasteiger charge is 2.31. The van der Waals surface area contributed by atoms with Crippen LogP contribution < -0.4 is 15.0 Å². The van der Waals surface area contributed by atoms with Crippen molar-refractivity contribution in [3.8, 4) is 22.9 Å². The van der Waals surface area contributed by atoms with Crippen molar-refractivity contribution < 1.29 is 22.6 Å². The Morgan fingerprint density at radius 2 is 1.71 bits per heavy atom. The second kappa shape index (κ2) is 9.30. The van der Waals surface area contributed by atoms with E-state index in [-0.39, 0.29) is 16.8 Å². The Morgan fingerprint density at radius 3 is 2.41 bits per heavy atom. The van der Waals surface area contributed by atoms with Crippen molar-refractivity contribution in [2.24, 2.45) is 5.10 Å². The van der Waals surface area contributed by atoms with Gasteiger partial charge in [0.1, 0.15) is 0 Å². The Balaban J connectivity index is 1.93. The maximum atomic E-state index is 13.3. The minimum atomic E-state index is -4.55. The Hall–Kier alpha value is -3.66. The fourth-order valence-corrected chi connectivity index (χ4v) is 3.77. The first kappa shape index (κ1) is 23.5. The Labute approximate surface area is 200 Å². The third-order valence-electron chi connectivity index (χ3n) is 5.02. The summed E-state index contributed by atoms with van der Waals surface area (Å²) in [5.74, 6) is 0.901. The van der Waals surface area contributed by atoms with Crippen LogP contribution in [0.4, 0.5) is 13.2 Å². The summed E-state index contributed by atoms with van der Waals surface area (Å²) < 4.78 is 52.1. The number of hydrogen-bond donors (Lipinski definition) is 0. The molecule has 0 amide bonds. The van der Waals surface area contributed by atoms with E-state index in [2.05, 4.69) is 26.0 Å². The molecule has 0 aliphatic carbocycles. The number of ether oxygens (including phenoxy) is 2. The van der Waals surface area contributed by atoms with E-state index in [0.717, 1.165) is 16.8 Å². The molecular weight excluding hydrogens is 515 g/mol. The summed E-state index contributed by atoms with van der Waals surface area (Å²) in [4.78, 5) is 17.7. The first-order valence-electron chi connectivity index (χ1n) is 9.88. The summed E-state index contributed by atoms with van der Waals surface area (Å²) in [5.41, 5.74) is -0.385. The Bertz CT molecular complexity index is 1470. The number of alkyl halides is 3. The molecule has 4 aromatic rings. The number of hydrogen-bond acceptors (Lipinski definition) is 5. The average Bonchev–Trinajstić information content (AvgIpc) is 2.83. The lowest BCUT2D eigenvalue weighted by Crippen LogP contribution is -2.20. The maximum absolute atomic E-state index is 13.3. The largest absolute Gasteiger partial charge is 0.493 e. The van der Waals surface area contributed by atoms with Gasteiger partial charge in [0.25, 0.3) is 5.56 Å². The summed E-state index contributed by atoms with van der Waals surface area (Å²) in [6.07, 6.45) is -3.16. The number of methoxy groups -OCH3 is 2. The highest BCUT2D eigenvalue weighted by molar-refractivity contribution is 9.10. The van der Waals surface area contributed by atoms with Crippen molar-refractivity contribution in [1.82, 2.24) is 9.66 Å². The Morgan fingerprint density at radius 1 is 1.00 bits per heavy atom. The van der Waals surface area contributed by atoms with Gasteiger partial charge in [0.2, 0.25) is 0 Å². The molecule has 0 aliphatic heterocycles. The first-order valence-corrected chi connectivity index (χ1v) is 10.7. The van der Waals surface area contributed by atoms with Crippen LogP contribution >= 0.6 is 15.9 Å². The summed E-state index contributed by atoms with van der Waals surface area (Å²) >= 11 is 3.42. The monoisotopic (exact) mass is 531 g/mol. The molecule has 0 spiro atoms. The molecule has 6 nitrogen and oxygen atoms in total. The van der Waals surface area contributed by atoms with E-state index in [4.69, 9.17) is 9.47 Å². The van der Waals surface area contributed by atoms with Gasteiger partial charge in [-0.15, -0.1) is 0 Å². The van der Waals surface area contributed by atoms with Crippen molar-refractivity contribution >= 4 is 33.0 Å². The van der Waals surface area contributed by atoms with Crippen molar-refractivity contribution in [2.45, 2.75) is 6.18 Å². The minimum Gasteiger partial charge on any atom is -0.493 e. The van der Waals surface area contributed by atoms with Crippen LogP contribution in [-0.2, 0) is 6.18 Å². The molecule has 3 aromatic carbocycles. The standard InChI is InChI=1S/C24H17BrF3N3O3/c1-33-20-11-15(18(25)12-21(20)34-2)13-29-31-22(14-6-5-7-16(10-14)24(26,27)28)30-19-9-4-3-8-17(19)23(31)32/h3-13H,1-2H3. The van der Waals surface area contributed by atoms with Gasteiger partial charge in [-0.3, -0.25) is 4.79 Å². The number of aromatic nitrogens is 2. The molecule has 0 radical (unpaired) electrons. The van der Waals surface area contributed by atoms with Gasteiger partial charge in [-0.2, -0.15) is 22.9 Å². The highest BCUT2D eigenvalue weighted by atomic mass is 79.9. The first-order chi connectivity index (χ1) is 16.2. The number of nitrogens with zero attached hydrogens (tertiary/aromatic N) is 3. The SMILES string of the molecule is COc1cc(Br)c(C=Nn2c(-c3cccc(C(F)(F)F)c3)nc3ccccc3c2=O)cc1OC. The fourth-order valence-electron chi connectivity index (χ4n) is 3.34. The fraction of sp³-hybridized carbons (Fsp3) is 0.125. The lowest BCUT2D eigenvalue weighted by Gasteiger charge is -2.12. The smallest absolute Gasteiger partial charge is 0.416 e. The number of halogens is 4. The average molecular weight is 532 g/mol. The second-order valence-electron chi connectivity index (χ2n) is 7.12. The van der Waals surface area contributed by atoms with Gasteiger partial charge in [0, 0.05) is 15.6 Å². The molecule has 0 saturated heterocycles. The van der Waals surface area contributed by atoms with E-state index in [9.17, 15) is 18.0 Å². The van der Waals surface area contributed by atoms with Crippen LogP contribution in [0.5, 0.6) is 11.5 Å². The van der Waals surface area contributed by atoms with Gasteiger partial charge in [-0.25, -0.2) is 4.98 Å². The quantitative estimate of drug-likeness (QED) is 0.308. The van der Waals surface area contributed by atoms with Gasteiger partial charge >= 0.3 is 6.18 Å². The van der Waals surface area contributed by atoms with E-state index in [0.29, 0.717) is 27.1 Å². The summed E-state index contributed by atoms with van der Waals surface area (Å²) in [7, 11) is 2.98. The van der Waals surface area contributed by atoms with Gasteiger partial charge in [-0.1, -0.05) is 24.3 Å². The van der Waals surface area contributed by atoms with E-state index in [1.807, 2.05) is 0 Å². The molecule has 0 atom stereocenters. The molecule has 174 valence electrons. The lowest BCUT2D eigenvalue weighted by molar-refractivity contribution is -0.137. The van der Waals surface area contributed by atoms with E-state index in [1.54, 1.807) is 36.4 Å². The second-order valence-corrected chi connectivity index (χ2v) is 7.98. The predicted molar refractivity (Wildman–Crippen MR) is 127 cm³/mol. The molecule has 0 unspecified atom stereocenters. The van der Waals surface area contributed by atoms with Crippen LogP contribution in [-0.4, -0.2) is 30.1 Å². The molecule has 10 heteroatoms. The molecule has 4 rings (SSSR count). The van der Waals surface area contributed by atoms with Gasteiger partial charge in [0.05, 0.1) is 36.9 Å². The van der Waals surface area contributed by atoms with E-state index >= 15 is 0 Å². The molecule has 0 fully saturated rings. The number of fused-ring (bicyclic) bond motifs is 1. The molecule has 0 N–H and O–H groups in total. The molecular formula is C24H17BrF3N3O3. The van der Waals surface area contributed by atoms with Crippen LogP contribution in [0.15, 0.2) is 75.0 Å². The minimum absolute atomic E-state index is 0.0253. The third-order valence-corrected chi connectivity index (χ3v) is 5.70. The lowest BCUT2D eigenvalue weighted by atomic mass is 10.1. The molecule has 0 bridgehead atoms. The predicted octanol–water partition coefficient (Wildman–Crippen LogP) is 5.74. The van der Waals surface area contributed by atoms with Crippen molar-refractivity contribution in [2.75, 3.05) is 14.2 Å². The molecule has 0 saturated carbocycles. The van der Waals surface area contributed by atoms with Crippen molar-refractivity contribution in [3.05, 3.63) is 86.6 Å². The summed E-state index contributed by atoms with van der Waals surface area (Å²) in [5, 5.41) is 4.57. The summed E-state index contributed by atoms with van der Waals surface area (Å²) in [6, 6.07) is 14.5. The molecule has 1 heterocycles. The van der Waals surface area contributed by atoms with Crippen molar-refractivity contribution in [3.63, 3.8) is 0 Å². The number of rotatable bonds is 5.